The zero-order valence-corrected chi connectivity index (χ0v) is 12.8. The molecule has 23 heavy (non-hydrogen) atoms. The van der Waals surface area contributed by atoms with Gasteiger partial charge in [-0.15, -0.1) is 0 Å². The largest absolute Gasteiger partial charge is 0.371 e. The Bertz CT molecular complexity index is 614. The number of halogens is 2. The van der Waals surface area contributed by atoms with Gasteiger partial charge in [-0.25, -0.2) is 8.78 Å². The van der Waals surface area contributed by atoms with Gasteiger partial charge in [0, 0.05) is 44.7 Å². The standard InChI is InChI=1S/C17H19F2N3O/c18-17(19)6-9-21(10-7-17)16(23)14-5-8-22(12-14)15-3-1-13(11-20)2-4-15/h1-4,14H,5-10,12H2. The van der Waals surface area contributed by atoms with E-state index in [2.05, 4.69) is 11.0 Å². The Labute approximate surface area is 134 Å². The van der Waals surface area contributed by atoms with Crippen molar-refractivity contribution < 1.29 is 13.6 Å². The van der Waals surface area contributed by atoms with E-state index >= 15 is 0 Å². The fraction of sp³-hybridized carbons (Fsp3) is 0.529. The molecule has 4 nitrogen and oxygen atoms in total. The smallest absolute Gasteiger partial charge is 0.251 e. The van der Waals surface area contributed by atoms with Crippen LogP contribution in [0.3, 0.4) is 0 Å². The van der Waals surface area contributed by atoms with Gasteiger partial charge in [-0.3, -0.25) is 4.79 Å². The first-order valence-corrected chi connectivity index (χ1v) is 7.90. The summed E-state index contributed by atoms with van der Waals surface area (Å²) in [6.45, 7) is 1.68. The van der Waals surface area contributed by atoms with Gasteiger partial charge in [0.2, 0.25) is 5.91 Å². The van der Waals surface area contributed by atoms with Crippen LogP contribution in [-0.2, 0) is 4.79 Å². The molecule has 0 spiro atoms. The van der Waals surface area contributed by atoms with E-state index in [1.165, 1.54) is 0 Å². The zero-order chi connectivity index (χ0) is 16.4. The fourth-order valence-electron chi connectivity index (χ4n) is 3.26. The topological polar surface area (TPSA) is 47.3 Å². The molecule has 2 saturated heterocycles. The molecular weight excluding hydrogens is 300 g/mol. The first-order chi connectivity index (χ1) is 11.0. The van der Waals surface area contributed by atoms with Gasteiger partial charge in [-0.1, -0.05) is 0 Å². The Morgan fingerprint density at radius 2 is 1.83 bits per heavy atom. The van der Waals surface area contributed by atoms with Crippen LogP contribution in [0.2, 0.25) is 0 Å². The van der Waals surface area contributed by atoms with E-state index in [0.717, 1.165) is 18.7 Å². The maximum atomic E-state index is 13.2. The van der Waals surface area contributed by atoms with E-state index in [4.69, 9.17) is 5.26 Å². The number of likely N-dealkylation sites (tertiary alicyclic amines) is 1. The van der Waals surface area contributed by atoms with Crippen LogP contribution >= 0.6 is 0 Å². The quantitative estimate of drug-likeness (QED) is 0.842. The average Bonchev–Trinajstić information content (AvgIpc) is 3.04. The Kier molecular flexibility index (Phi) is 4.20. The van der Waals surface area contributed by atoms with Crippen LogP contribution in [0, 0.1) is 17.2 Å². The van der Waals surface area contributed by atoms with Crippen LogP contribution < -0.4 is 4.90 Å². The van der Waals surface area contributed by atoms with Crippen LogP contribution in [0.25, 0.3) is 0 Å². The maximum absolute atomic E-state index is 13.2. The van der Waals surface area contributed by atoms with E-state index in [-0.39, 0.29) is 37.8 Å². The molecule has 3 rings (SSSR count). The third-order valence-corrected chi connectivity index (χ3v) is 4.71. The monoisotopic (exact) mass is 319 g/mol. The van der Waals surface area contributed by atoms with Gasteiger partial charge in [0.05, 0.1) is 17.6 Å². The third kappa shape index (κ3) is 3.44. The zero-order valence-electron chi connectivity index (χ0n) is 12.8. The van der Waals surface area contributed by atoms with Crippen molar-refractivity contribution in [3.8, 4) is 6.07 Å². The number of rotatable bonds is 2. The molecule has 1 aromatic rings. The number of carbonyl (C=O) groups excluding carboxylic acids is 1. The van der Waals surface area contributed by atoms with Crippen LogP contribution in [0.4, 0.5) is 14.5 Å². The second-order valence-corrected chi connectivity index (χ2v) is 6.27. The van der Waals surface area contributed by atoms with Gasteiger partial charge in [0.15, 0.2) is 0 Å². The van der Waals surface area contributed by atoms with Crippen molar-refractivity contribution in [3.63, 3.8) is 0 Å². The number of alkyl halides is 2. The predicted molar refractivity (Wildman–Crippen MR) is 82.2 cm³/mol. The minimum absolute atomic E-state index is 0.00311. The number of benzene rings is 1. The number of nitrogens with zero attached hydrogens (tertiary/aromatic N) is 3. The Balaban J connectivity index is 1.59. The van der Waals surface area contributed by atoms with Crippen molar-refractivity contribution in [2.75, 3.05) is 31.1 Å². The highest BCUT2D eigenvalue weighted by Gasteiger charge is 2.38. The third-order valence-electron chi connectivity index (χ3n) is 4.71. The van der Waals surface area contributed by atoms with Crippen molar-refractivity contribution in [1.82, 2.24) is 4.90 Å². The summed E-state index contributed by atoms with van der Waals surface area (Å²) in [5.41, 5.74) is 1.60. The predicted octanol–water partition coefficient (Wildman–Crippen LogP) is 2.64. The molecule has 1 unspecified atom stereocenters. The summed E-state index contributed by atoms with van der Waals surface area (Å²) in [4.78, 5) is 16.2. The minimum atomic E-state index is -2.62. The minimum Gasteiger partial charge on any atom is -0.371 e. The SMILES string of the molecule is N#Cc1ccc(N2CCC(C(=O)N3CCC(F)(F)CC3)C2)cc1. The van der Waals surface area contributed by atoms with Crippen molar-refractivity contribution in [1.29, 1.82) is 5.26 Å². The number of hydrogen-bond acceptors (Lipinski definition) is 3. The number of hydrogen-bond donors (Lipinski definition) is 0. The normalized spacial score (nSPS) is 23.6. The fourth-order valence-corrected chi connectivity index (χ4v) is 3.26. The summed E-state index contributed by atoms with van der Waals surface area (Å²) in [5.74, 6) is -2.75. The van der Waals surface area contributed by atoms with Gasteiger partial charge in [0.1, 0.15) is 0 Å². The lowest BCUT2D eigenvalue weighted by atomic mass is 10.0. The molecule has 122 valence electrons. The Hall–Kier alpha value is -2.16. The first kappa shape index (κ1) is 15.7. The molecule has 0 N–H and O–H groups in total. The van der Waals surface area contributed by atoms with E-state index < -0.39 is 5.92 Å². The number of nitriles is 1. The molecule has 0 aromatic heterocycles. The summed E-state index contributed by atoms with van der Waals surface area (Å²) >= 11 is 0. The van der Waals surface area contributed by atoms with Crippen molar-refractivity contribution in [2.24, 2.45) is 5.92 Å². The number of anilines is 1. The molecule has 2 heterocycles. The number of piperidine rings is 1. The maximum Gasteiger partial charge on any atom is 0.251 e. The van der Waals surface area contributed by atoms with Gasteiger partial charge in [-0.2, -0.15) is 5.26 Å². The number of amides is 1. The second kappa shape index (κ2) is 6.15. The molecule has 0 saturated carbocycles. The van der Waals surface area contributed by atoms with Crippen LogP contribution in [-0.4, -0.2) is 42.9 Å². The van der Waals surface area contributed by atoms with Crippen molar-refractivity contribution in [3.05, 3.63) is 29.8 Å². The number of carbonyl (C=O) groups is 1. The molecule has 0 bridgehead atoms. The molecule has 0 radical (unpaired) electrons. The molecular formula is C17H19F2N3O. The summed E-state index contributed by atoms with van der Waals surface area (Å²) in [6, 6.07) is 9.37. The summed E-state index contributed by atoms with van der Waals surface area (Å²) in [7, 11) is 0. The van der Waals surface area contributed by atoms with Gasteiger partial charge < -0.3 is 9.80 Å². The molecule has 1 aromatic carbocycles. The second-order valence-electron chi connectivity index (χ2n) is 6.27. The van der Waals surface area contributed by atoms with Gasteiger partial charge in [-0.05, 0) is 30.7 Å². The van der Waals surface area contributed by atoms with Crippen LogP contribution in [0.1, 0.15) is 24.8 Å². The van der Waals surface area contributed by atoms with Crippen molar-refractivity contribution >= 4 is 11.6 Å². The molecule has 2 aliphatic rings. The average molecular weight is 319 g/mol. The summed E-state index contributed by atoms with van der Waals surface area (Å²) in [5, 5.41) is 8.82. The highest BCUT2D eigenvalue weighted by molar-refractivity contribution is 5.80. The first-order valence-electron chi connectivity index (χ1n) is 7.90. The van der Waals surface area contributed by atoms with E-state index in [0.29, 0.717) is 12.1 Å². The van der Waals surface area contributed by atoms with E-state index in [1.807, 2.05) is 12.1 Å². The molecule has 2 fully saturated rings. The van der Waals surface area contributed by atoms with Crippen LogP contribution in [0.15, 0.2) is 24.3 Å². The molecule has 2 aliphatic heterocycles. The Morgan fingerprint density at radius 1 is 1.17 bits per heavy atom. The van der Waals surface area contributed by atoms with Crippen LogP contribution in [0.5, 0.6) is 0 Å². The lowest BCUT2D eigenvalue weighted by Gasteiger charge is -2.33. The summed E-state index contributed by atoms with van der Waals surface area (Å²) in [6.07, 6.45) is 0.279. The van der Waals surface area contributed by atoms with Crippen molar-refractivity contribution in [2.45, 2.75) is 25.2 Å². The van der Waals surface area contributed by atoms with E-state index in [1.54, 1.807) is 17.0 Å². The molecule has 1 amide bonds. The lowest BCUT2D eigenvalue weighted by Crippen LogP contribution is -2.45. The molecule has 6 heteroatoms. The lowest BCUT2D eigenvalue weighted by molar-refractivity contribution is -0.140. The molecule has 1 atom stereocenters. The molecule has 0 aliphatic carbocycles. The summed E-state index contributed by atoms with van der Waals surface area (Å²) < 4.78 is 26.4. The highest BCUT2D eigenvalue weighted by atomic mass is 19.3. The Morgan fingerprint density at radius 3 is 2.43 bits per heavy atom. The van der Waals surface area contributed by atoms with E-state index in [9.17, 15) is 13.6 Å². The van der Waals surface area contributed by atoms with Gasteiger partial charge in [0.25, 0.3) is 5.92 Å². The van der Waals surface area contributed by atoms with Gasteiger partial charge >= 0.3 is 0 Å². The highest BCUT2D eigenvalue weighted by Crippen LogP contribution is 2.30.